The molecule has 31 heavy (non-hydrogen) atoms. The summed E-state index contributed by atoms with van der Waals surface area (Å²) in [6.07, 6.45) is 3.45. The zero-order valence-electron chi connectivity index (χ0n) is 16.9. The Morgan fingerprint density at radius 3 is 1.94 bits per heavy atom. The Morgan fingerprint density at radius 1 is 0.935 bits per heavy atom. The van der Waals surface area contributed by atoms with Crippen LogP contribution in [0.4, 0.5) is 0 Å². The Hall–Kier alpha value is -2.01. The van der Waals surface area contributed by atoms with Crippen LogP contribution in [-0.2, 0) is 11.4 Å². The van der Waals surface area contributed by atoms with E-state index in [2.05, 4.69) is 26.3 Å². The van der Waals surface area contributed by atoms with E-state index in [4.69, 9.17) is 10.6 Å². The molecule has 0 saturated carbocycles. The number of hydroxylamine groups is 1. The average molecular weight is 435 g/mol. The van der Waals surface area contributed by atoms with Crippen molar-refractivity contribution in [2.24, 2.45) is 11.7 Å². The maximum atomic E-state index is 12.2. The first-order valence-corrected chi connectivity index (χ1v) is 9.85. The van der Waals surface area contributed by atoms with Gasteiger partial charge in [0.25, 0.3) is 0 Å². The number of carbonyl (C=O) groups excluding carboxylic acids is 1. The summed E-state index contributed by atoms with van der Waals surface area (Å²) in [6.45, 7) is 8.64. The van der Waals surface area contributed by atoms with Crippen LogP contribution in [0.1, 0.15) is 91.2 Å². The van der Waals surface area contributed by atoms with Gasteiger partial charge in [0.05, 0.1) is 6.61 Å². The van der Waals surface area contributed by atoms with Gasteiger partial charge < -0.3 is 5.73 Å². The van der Waals surface area contributed by atoms with Crippen molar-refractivity contribution in [2.75, 3.05) is 13.1 Å². The molecule has 4 heteroatoms. The van der Waals surface area contributed by atoms with Crippen molar-refractivity contribution in [2.45, 2.75) is 76.3 Å². The highest BCUT2D eigenvalue weighted by Gasteiger charge is 2.07. The van der Waals surface area contributed by atoms with Crippen LogP contribution in [0.3, 0.4) is 0 Å². The third-order valence-corrected chi connectivity index (χ3v) is 4.32. The van der Waals surface area contributed by atoms with Crippen LogP contribution in [-0.4, -0.2) is 18.9 Å². The second kappa shape index (κ2) is 22.7. The van der Waals surface area contributed by atoms with E-state index in [0.717, 1.165) is 31.5 Å². The van der Waals surface area contributed by atoms with Gasteiger partial charge in [-0.3, -0.25) is 9.63 Å². The molecule has 0 saturated heterocycles. The van der Waals surface area contributed by atoms with Crippen LogP contribution in [0.2, 0.25) is 0 Å². The minimum Gasteiger partial charge on any atom is -0.330 e. The maximum Gasteiger partial charge on any atom is 0.193 e. The lowest BCUT2D eigenvalue weighted by atomic mass is 10.0. The van der Waals surface area contributed by atoms with E-state index in [9.17, 15) is 4.79 Å². The molecule has 1 atom stereocenters. The summed E-state index contributed by atoms with van der Waals surface area (Å²) in [4.78, 5) is 17.6. The number of nitrogens with one attached hydrogen (secondary N) is 1. The minimum atomic E-state index is 0. The Labute approximate surface area is 193 Å². The van der Waals surface area contributed by atoms with E-state index in [1.807, 2.05) is 54.6 Å². The van der Waals surface area contributed by atoms with Crippen LogP contribution < -0.4 is 11.2 Å². The molecule has 0 amide bonds. The smallest absolute Gasteiger partial charge is 0.193 e. The third kappa shape index (κ3) is 15.4. The Morgan fingerprint density at radius 2 is 1.48 bits per heavy atom. The number of ketones is 1. The standard InChI is InChI=1S/C18H21NO2.C5H13N.4CH4/c1-2-3-13-19-21-14-15-9-11-17(12-10-15)18(20)16-7-5-4-6-8-16;1-3-5(2)4-6;;;;/h4-12,19H,2-3,13-14H2,1H3;5H,3-4,6H2,1-2H3;4*1H4. The van der Waals surface area contributed by atoms with Crippen molar-refractivity contribution in [3.8, 4) is 0 Å². The van der Waals surface area contributed by atoms with Gasteiger partial charge in [-0.25, -0.2) is 5.48 Å². The van der Waals surface area contributed by atoms with Gasteiger partial charge in [0.2, 0.25) is 0 Å². The van der Waals surface area contributed by atoms with Crippen molar-refractivity contribution in [1.82, 2.24) is 5.48 Å². The van der Waals surface area contributed by atoms with Crippen LogP contribution in [0.5, 0.6) is 0 Å². The Bertz CT molecular complexity index is 623. The van der Waals surface area contributed by atoms with E-state index in [-0.39, 0.29) is 35.5 Å². The van der Waals surface area contributed by atoms with Gasteiger partial charge >= 0.3 is 0 Å². The molecule has 0 aliphatic rings. The first kappa shape index (κ1) is 36.4. The number of nitrogens with two attached hydrogens (primary N) is 1. The predicted molar refractivity (Wildman–Crippen MR) is 139 cm³/mol. The zero-order valence-corrected chi connectivity index (χ0v) is 16.9. The molecule has 0 aliphatic carbocycles. The molecule has 0 radical (unpaired) electrons. The largest absolute Gasteiger partial charge is 0.330 e. The highest BCUT2D eigenvalue weighted by molar-refractivity contribution is 6.08. The lowest BCUT2D eigenvalue weighted by Gasteiger charge is -2.06. The number of hydrogen-bond donors (Lipinski definition) is 2. The molecule has 2 rings (SSSR count). The van der Waals surface area contributed by atoms with Crippen molar-refractivity contribution in [1.29, 1.82) is 0 Å². The van der Waals surface area contributed by atoms with Gasteiger partial charge in [0.1, 0.15) is 0 Å². The Kier molecular flexibility index (Phi) is 26.6. The van der Waals surface area contributed by atoms with Gasteiger partial charge in [-0.15, -0.1) is 0 Å². The molecule has 180 valence electrons. The van der Waals surface area contributed by atoms with E-state index in [1.165, 1.54) is 6.42 Å². The maximum absolute atomic E-state index is 12.2. The SMILES string of the molecule is C.C.C.C.CCC(C)CN.CCCCNOCc1ccc(C(=O)c2ccccc2)cc1. The topological polar surface area (TPSA) is 64.3 Å². The van der Waals surface area contributed by atoms with E-state index in [0.29, 0.717) is 23.7 Å². The van der Waals surface area contributed by atoms with Crippen LogP contribution in [0.25, 0.3) is 0 Å². The molecule has 3 N–H and O–H groups in total. The number of rotatable bonds is 10. The molecule has 0 aromatic heterocycles. The molecule has 0 bridgehead atoms. The molecule has 1 unspecified atom stereocenters. The summed E-state index contributed by atoms with van der Waals surface area (Å²) in [5.41, 5.74) is 10.7. The molecular formula is C27H50N2O2. The van der Waals surface area contributed by atoms with E-state index < -0.39 is 0 Å². The molecule has 0 fully saturated rings. The first-order chi connectivity index (χ1) is 13.1. The zero-order chi connectivity index (χ0) is 19.9. The fraction of sp³-hybridized carbons (Fsp3) is 0.519. The summed E-state index contributed by atoms with van der Waals surface area (Å²) < 4.78 is 0. The van der Waals surface area contributed by atoms with Gasteiger partial charge in [-0.05, 0) is 24.4 Å². The summed E-state index contributed by atoms with van der Waals surface area (Å²) in [5, 5.41) is 0. The first-order valence-electron chi connectivity index (χ1n) is 9.85. The molecule has 0 heterocycles. The minimum absolute atomic E-state index is 0. The van der Waals surface area contributed by atoms with Crippen molar-refractivity contribution >= 4 is 5.78 Å². The average Bonchev–Trinajstić information content (AvgIpc) is 2.74. The van der Waals surface area contributed by atoms with Crippen LogP contribution >= 0.6 is 0 Å². The highest BCUT2D eigenvalue weighted by Crippen LogP contribution is 2.11. The normalized spacial score (nSPS) is 9.94. The third-order valence-electron chi connectivity index (χ3n) is 4.32. The van der Waals surface area contributed by atoms with Gasteiger partial charge in [0.15, 0.2) is 5.78 Å². The summed E-state index contributed by atoms with van der Waals surface area (Å²) in [5.74, 6) is 0.758. The molecule has 2 aromatic carbocycles. The summed E-state index contributed by atoms with van der Waals surface area (Å²) >= 11 is 0. The van der Waals surface area contributed by atoms with Crippen molar-refractivity contribution < 1.29 is 9.63 Å². The van der Waals surface area contributed by atoms with Gasteiger partial charge in [-0.1, -0.05) is 118 Å². The molecule has 0 aliphatic heterocycles. The number of benzene rings is 2. The second-order valence-electron chi connectivity index (χ2n) is 6.68. The summed E-state index contributed by atoms with van der Waals surface area (Å²) in [6, 6.07) is 16.9. The fourth-order valence-electron chi connectivity index (χ4n) is 2.13. The second-order valence-corrected chi connectivity index (χ2v) is 6.68. The molecule has 0 spiro atoms. The molecule has 2 aromatic rings. The fourth-order valence-corrected chi connectivity index (χ4v) is 2.13. The predicted octanol–water partition coefficient (Wildman–Crippen LogP) is 7.27. The van der Waals surface area contributed by atoms with Crippen molar-refractivity contribution in [3.05, 3.63) is 71.3 Å². The van der Waals surface area contributed by atoms with Gasteiger partial charge in [-0.2, -0.15) is 0 Å². The number of unbranched alkanes of at least 4 members (excludes halogenated alkanes) is 1. The Balaban J connectivity index is -0.000000324. The van der Waals surface area contributed by atoms with Crippen LogP contribution in [0.15, 0.2) is 54.6 Å². The van der Waals surface area contributed by atoms with E-state index >= 15 is 0 Å². The number of hydrogen-bond acceptors (Lipinski definition) is 4. The lowest BCUT2D eigenvalue weighted by molar-refractivity contribution is 0.0275. The van der Waals surface area contributed by atoms with Gasteiger partial charge in [0, 0.05) is 17.7 Å². The number of carbonyl (C=O) groups is 1. The highest BCUT2D eigenvalue weighted by atomic mass is 16.6. The van der Waals surface area contributed by atoms with E-state index in [1.54, 1.807) is 0 Å². The van der Waals surface area contributed by atoms with Crippen LogP contribution in [0, 0.1) is 5.92 Å². The quantitative estimate of drug-likeness (QED) is 0.234. The lowest BCUT2D eigenvalue weighted by Crippen LogP contribution is -2.15. The van der Waals surface area contributed by atoms with Crippen molar-refractivity contribution in [3.63, 3.8) is 0 Å². The molecular weight excluding hydrogens is 384 g/mol. The molecule has 4 nitrogen and oxygen atoms in total. The monoisotopic (exact) mass is 434 g/mol. The summed E-state index contributed by atoms with van der Waals surface area (Å²) in [7, 11) is 0.